The zero-order valence-electron chi connectivity index (χ0n) is 15.6. The Morgan fingerprint density at radius 1 is 1.26 bits per heavy atom. The molecule has 3 rings (SSSR count). The summed E-state index contributed by atoms with van der Waals surface area (Å²) in [6, 6.07) is 11.0. The van der Waals surface area contributed by atoms with Gasteiger partial charge in [-0.2, -0.15) is 10.2 Å². The van der Waals surface area contributed by atoms with Crippen molar-refractivity contribution in [3.63, 3.8) is 0 Å². The zero-order chi connectivity index (χ0) is 19.6. The largest absolute Gasteiger partial charge is 0.455 e. The first-order chi connectivity index (χ1) is 12.7. The first-order valence-electron chi connectivity index (χ1n) is 8.50. The topological polar surface area (TPSA) is 83.3 Å². The molecule has 0 spiro atoms. The zero-order valence-corrected chi connectivity index (χ0v) is 16.4. The third-order valence-corrected chi connectivity index (χ3v) is 4.47. The molecule has 0 aliphatic carbocycles. The summed E-state index contributed by atoms with van der Waals surface area (Å²) in [5.74, 6) is 0.793. The standard InChI is InChI=1S/C20H21ClN4O2/c1-12-5-6-13(9-15(12)21)17-8-7-14(27-17)11-22-25-19(26)16-10-18(24-23-16)20(2,3)4/h5-11H,1-4H3,(H,23,24)(H,25,26)/b22-11-. The molecule has 0 atom stereocenters. The van der Waals surface area contributed by atoms with E-state index in [4.69, 9.17) is 16.0 Å². The molecule has 140 valence electrons. The van der Waals surface area contributed by atoms with Crippen molar-refractivity contribution in [1.29, 1.82) is 0 Å². The molecule has 2 aromatic heterocycles. The van der Waals surface area contributed by atoms with Crippen molar-refractivity contribution in [3.05, 3.63) is 64.1 Å². The van der Waals surface area contributed by atoms with Crippen molar-refractivity contribution in [2.24, 2.45) is 5.10 Å². The molecule has 0 fully saturated rings. The molecule has 0 radical (unpaired) electrons. The number of rotatable bonds is 4. The maximum Gasteiger partial charge on any atom is 0.291 e. The van der Waals surface area contributed by atoms with Crippen LogP contribution < -0.4 is 5.43 Å². The van der Waals surface area contributed by atoms with Gasteiger partial charge in [0.1, 0.15) is 11.5 Å². The van der Waals surface area contributed by atoms with Gasteiger partial charge in [-0.25, -0.2) is 5.43 Å². The Kier molecular flexibility index (Phi) is 5.19. The summed E-state index contributed by atoms with van der Waals surface area (Å²) in [7, 11) is 0. The maximum absolute atomic E-state index is 12.1. The number of hydrogen-bond acceptors (Lipinski definition) is 4. The molecule has 0 unspecified atom stereocenters. The van der Waals surface area contributed by atoms with Crippen molar-refractivity contribution in [3.8, 4) is 11.3 Å². The molecule has 3 aromatic rings. The Balaban J connectivity index is 1.65. The van der Waals surface area contributed by atoms with E-state index in [1.54, 1.807) is 12.1 Å². The van der Waals surface area contributed by atoms with Crippen LogP contribution in [0.3, 0.4) is 0 Å². The quantitative estimate of drug-likeness (QED) is 0.505. The number of aryl methyl sites for hydroxylation is 1. The van der Waals surface area contributed by atoms with Crippen molar-refractivity contribution < 1.29 is 9.21 Å². The van der Waals surface area contributed by atoms with Gasteiger partial charge in [-0.1, -0.05) is 44.5 Å². The lowest BCUT2D eigenvalue weighted by Gasteiger charge is -2.14. The molecule has 2 heterocycles. The van der Waals surface area contributed by atoms with Crippen molar-refractivity contribution >= 4 is 23.7 Å². The Morgan fingerprint density at radius 3 is 2.70 bits per heavy atom. The third-order valence-electron chi connectivity index (χ3n) is 4.06. The fourth-order valence-corrected chi connectivity index (χ4v) is 2.54. The SMILES string of the molecule is Cc1ccc(-c2ccc(/C=N\NC(=O)c3cc(C(C)(C)C)[nH]n3)o2)cc1Cl. The highest BCUT2D eigenvalue weighted by Gasteiger charge is 2.19. The van der Waals surface area contributed by atoms with Crippen molar-refractivity contribution in [2.75, 3.05) is 0 Å². The summed E-state index contributed by atoms with van der Waals surface area (Å²) in [6.07, 6.45) is 1.44. The van der Waals surface area contributed by atoms with Gasteiger partial charge in [-0.05, 0) is 36.8 Å². The average Bonchev–Trinajstić information content (AvgIpc) is 3.26. The van der Waals surface area contributed by atoms with E-state index in [1.807, 2.05) is 52.0 Å². The molecule has 0 bridgehead atoms. The molecule has 2 N–H and O–H groups in total. The second-order valence-electron chi connectivity index (χ2n) is 7.28. The second kappa shape index (κ2) is 7.40. The number of benzene rings is 1. The fourth-order valence-electron chi connectivity index (χ4n) is 2.36. The predicted octanol–water partition coefficient (Wildman–Crippen LogP) is 4.69. The first kappa shape index (κ1) is 18.9. The molecular formula is C20H21ClN4O2. The van der Waals surface area contributed by atoms with Gasteiger partial charge in [0.05, 0.1) is 6.21 Å². The predicted molar refractivity (Wildman–Crippen MR) is 106 cm³/mol. The normalized spacial score (nSPS) is 11.9. The van der Waals surface area contributed by atoms with E-state index < -0.39 is 5.91 Å². The number of carbonyl (C=O) groups is 1. The van der Waals surface area contributed by atoms with Gasteiger partial charge in [0.15, 0.2) is 5.69 Å². The number of aromatic nitrogens is 2. The van der Waals surface area contributed by atoms with Gasteiger partial charge in [-0.15, -0.1) is 0 Å². The minimum absolute atomic E-state index is 0.113. The van der Waals surface area contributed by atoms with Crippen LogP contribution in [0.5, 0.6) is 0 Å². The average molecular weight is 385 g/mol. The van der Waals surface area contributed by atoms with Crippen LogP contribution in [-0.4, -0.2) is 22.3 Å². The van der Waals surface area contributed by atoms with Crippen LogP contribution in [0, 0.1) is 6.92 Å². The Labute approximate surface area is 162 Å². The van der Waals surface area contributed by atoms with Crippen LogP contribution in [0.25, 0.3) is 11.3 Å². The lowest BCUT2D eigenvalue weighted by molar-refractivity contribution is 0.0950. The summed E-state index contributed by atoms with van der Waals surface area (Å²) in [5.41, 5.74) is 5.37. The van der Waals surface area contributed by atoms with Crippen LogP contribution in [0.4, 0.5) is 0 Å². The van der Waals surface area contributed by atoms with Crippen LogP contribution in [0.1, 0.15) is 48.3 Å². The number of amides is 1. The van der Waals surface area contributed by atoms with Gasteiger partial charge in [-0.3, -0.25) is 9.89 Å². The van der Waals surface area contributed by atoms with Crippen LogP contribution >= 0.6 is 11.6 Å². The van der Waals surface area contributed by atoms with E-state index >= 15 is 0 Å². The van der Waals surface area contributed by atoms with Crippen molar-refractivity contribution in [1.82, 2.24) is 15.6 Å². The summed E-state index contributed by atoms with van der Waals surface area (Å²) in [6.45, 7) is 8.06. The van der Waals surface area contributed by atoms with E-state index in [1.165, 1.54) is 6.21 Å². The fraction of sp³-hybridized carbons (Fsp3) is 0.250. The van der Waals surface area contributed by atoms with E-state index in [9.17, 15) is 4.79 Å². The molecule has 1 amide bonds. The summed E-state index contributed by atoms with van der Waals surface area (Å²) >= 11 is 6.15. The Morgan fingerprint density at radius 2 is 2.04 bits per heavy atom. The van der Waals surface area contributed by atoms with Gasteiger partial charge in [0.2, 0.25) is 0 Å². The van der Waals surface area contributed by atoms with Crippen LogP contribution in [0.15, 0.2) is 45.9 Å². The number of furan rings is 1. The molecule has 7 heteroatoms. The smallest absolute Gasteiger partial charge is 0.291 e. The molecule has 6 nitrogen and oxygen atoms in total. The second-order valence-corrected chi connectivity index (χ2v) is 7.69. The number of hydrazone groups is 1. The van der Waals surface area contributed by atoms with Crippen LogP contribution in [-0.2, 0) is 5.41 Å². The lowest BCUT2D eigenvalue weighted by atomic mass is 9.92. The number of carbonyl (C=O) groups excluding carboxylic acids is 1. The van der Waals surface area contributed by atoms with Crippen LogP contribution in [0.2, 0.25) is 5.02 Å². The summed E-state index contributed by atoms with van der Waals surface area (Å²) in [4.78, 5) is 12.1. The number of hydrogen-bond donors (Lipinski definition) is 2. The third kappa shape index (κ3) is 4.46. The maximum atomic E-state index is 12.1. The number of H-pyrrole nitrogens is 1. The number of aromatic amines is 1. The summed E-state index contributed by atoms with van der Waals surface area (Å²) in [5, 5.41) is 11.5. The van der Waals surface area contributed by atoms with Gasteiger partial charge < -0.3 is 4.42 Å². The van der Waals surface area contributed by atoms with Crippen molar-refractivity contribution in [2.45, 2.75) is 33.1 Å². The Hall–Kier alpha value is -2.86. The van der Waals surface area contributed by atoms with Gasteiger partial charge in [0, 0.05) is 21.7 Å². The van der Waals surface area contributed by atoms with E-state index in [0.29, 0.717) is 16.5 Å². The van der Waals surface area contributed by atoms with Gasteiger partial charge >= 0.3 is 0 Å². The van der Waals surface area contributed by atoms with E-state index in [0.717, 1.165) is 16.8 Å². The summed E-state index contributed by atoms with van der Waals surface area (Å²) < 4.78 is 5.72. The highest BCUT2D eigenvalue weighted by atomic mass is 35.5. The Bertz CT molecular complexity index is 996. The lowest BCUT2D eigenvalue weighted by Crippen LogP contribution is -2.18. The highest BCUT2D eigenvalue weighted by molar-refractivity contribution is 6.31. The van der Waals surface area contributed by atoms with Gasteiger partial charge in [0.25, 0.3) is 5.91 Å². The number of halogens is 1. The minimum Gasteiger partial charge on any atom is -0.455 e. The number of nitrogens with zero attached hydrogens (tertiary/aromatic N) is 2. The highest BCUT2D eigenvalue weighted by Crippen LogP contribution is 2.26. The molecule has 27 heavy (non-hydrogen) atoms. The molecule has 0 saturated heterocycles. The molecular weight excluding hydrogens is 364 g/mol. The number of nitrogens with one attached hydrogen (secondary N) is 2. The van der Waals surface area contributed by atoms with E-state index in [2.05, 4.69) is 20.7 Å². The minimum atomic E-state index is -0.393. The monoisotopic (exact) mass is 384 g/mol. The van der Waals surface area contributed by atoms with E-state index in [-0.39, 0.29) is 11.1 Å². The molecule has 1 aromatic carbocycles. The molecule has 0 aliphatic rings. The first-order valence-corrected chi connectivity index (χ1v) is 8.87. The molecule has 0 saturated carbocycles. The molecule has 0 aliphatic heterocycles.